The number of anilines is 1. The van der Waals surface area contributed by atoms with Gasteiger partial charge in [0.25, 0.3) is 0 Å². The van der Waals surface area contributed by atoms with Crippen LogP contribution >= 0.6 is 11.8 Å². The van der Waals surface area contributed by atoms with E-state index in [-0.39, 0.29) is 5.91 Å². The molecule has 1 aliphatic carbocycles. The molecule has 0 radical (unpaired) electrons. The van der Waals surface area contributed by atoms with Gasteiger partial charge in [-0.1, -0.05) is 11.8 Å². The molecule has 7 nitrogen and oxygen atoms in total. The predicted octanol–water partition coefficient (Wildman–Crippen LogP) is 1.38. The van der Waals surface area contributed by atoms with Crippen molar-refractivity contribution in [3.05, 3.63) is 18.1 Å². The molecule has 3 rings (SSSR count). The van der Waals surface area contributed by atoms with Crippen molar-refractivity contribution in [3.8, 4) is 0 Å². The highest BCUT2D eigenvalue weighted by Crippen LogP contribution is 2.37. The van der Waals surface area contributed by atoms with Crippen LogP contribution in [0.15, 0.2) is 17.6 Å². The van der Waals surface area contributed by atoms with Gasteiger partial charge in [-0.3, -0.25) is 9.89 Å². The maximum Gasteiger partial charge on any atom is 0.236 e. The van der Waals surface area contributed by atoms with Crippen molar-refractivity contribution in [3.63, 3.8) is 0 Å². The Morgan fingerprint density at radius 2 is 2.47 bits per heavy atom. The number of thioether (sulfide) groups is 1. The average molecular weight is 278 g/mol. The fraction of sp³-hybridized carbons (Fsp3) is 0.455. The number of nitrogens with one attached hydrogen (secondary N) is 2. The van der Waals surface area contributed by atoms with Gasteiger partial charge in [0.15, 0.2) is 11.0 Å². The number of H-pyrrole nitrogens is 1. The zero-order valence-corrected chi connectivity index (χ0v) is 11.3. The topological polar surface area (TPSA) is 88.5 Å². The van der Waals surface area contributed by atoms with Gasteiger partial charge in [-0.15, -0.1) is 10.2 Å². The molecule has 0 saturated heterocycles. The van der Waals surface area contributed by atoms with Crippen molar-refractivity contribution in [2.75, 3.05) is 11.1 Å². The van der Waals surface area contributed by atoms with Crippen LogP contribution in [0.2, 0.25) is 0 Å². The number of hydrogen-bond acceptors (Lipinski definition) is 5. The summed E-state index contributed by atoms with van der Waals surface area (Å²) in [5.74, 6) is 0.755. The molecule has 2 aromatic rings. The minimum Gasteiger partial charge on any atom is -0.308 e. The molecule has 8 heteroatoms. The van der Waals surface area contributed by atoms with Crippen LogP contribution in [0.25, 0.3) is 0 Å². The standard InChI is InChI=1S/C11H14N6OS/c1-7-4-9(15-14-7)13-10(18)5-19-11-16-12-6-17(11)8-2-3-8/h4,6,8H,2-3,5H2,1H3,(H2,13,14,15,18). The summed E-state index contributed by atoms with van der Waals surface area (Å²) in [5.41, 5.74) is 0.913. The molecule has 19 heavy (non-hydrogen) atoms. The summed E-state index contributed by atoms with van der Waals surface area (Å²) in [7, 11) is 0. The SMILES string of the molecule is Cc1cc(NC(=O)CSc2nncn2C2CC2)n[nH]1. The molecular formula is C11H14N6OS. The summed E-state index contributed by atoms with van der Waals surface area (Å²) in [6, 6.07) is 2.31. The fourth-order valence-electron chi connectivity index (χ4n) is 1.73. The molecule has 0 atom stereocenters. The normalized spacial score (nSPS) is 14.6. The molecule has 0 bridgehead atoms. The lowest BCUT2D eigenvalue weighted by molar-refractivity contribution is -0.113. The molecule has 0 spiro atoms. The number of aromatic amines is 1. The lowest BCUT2D eigenvalue weighted by Crippen LogP contribution is -2.14. The predicted molar refractivity (Wildman–Crippen MR) is 71.0 cm³/mol. The summed E-state index contributed by atoms with van der Waals surface area (Å²) in [6.07, 6.45) is 4.07. The van der Waals surface area contributed by atoms with Crippen molar-refractivity contribution < 1.29 is 4.79 Å². The molecule has 2 heterocycles. The van der Waals surface area contributed by atoms with E-state index in [0.717, 1.165) is 10.9 Å². The van der Waals surface area contributed by atoms with E-state index in [1.54, 1.807) is 12.4 Å². The number of aromatic nitrogens is 5. The van der Waals surface area contributed by atoms with Crippen LogP contribution in [-0.2, 0) is 4.79 Å². The van der Waals surface area contributed by atoms with Gasteiger partial charge in [0.1, 0.15) is 6.33 Å². The van der Waals surface area contributed by atoms with Gasteiger partial charge in [0.2, 0.25) is 5.91 Å². The zero-order chi connectivity index (χ0) is 13.2. The maximum absolute atomic E-state index is 11.8. The third kappa shape index (κ3) is 2.95. The number of rotatable bonds is 5. The second kappa shape index (κ2) is 5.04. The Balaban J connectivity index is 1.54. The van der Waals surface area contributed by atoms with Gasteiger partial charge in [-0.2, -0.15) is 5.10 Å². The summed E-state index contributed by atoms with van der Waals surface area (Å²) in [5, 5.41) is 18.2. The van der Waals surface area contributed by atoms with Gasteiger partial charge in [-0.05, 0) is 19.8 Å². The van der Waals surface area contributed by atoms with Crippen LogP contribution in [-0.4, -0.2) is 36.6 Å². The smallest absolute Gasteiger partial charge is 0.236 e. The van der Waals surface area contributed by atoms with Crippen LogP contribution in [0.4, 0.5) is 5.82 Å². The van der Waals surface area contributed by atoms with Crippen LogP contribution in [0.3, 0.4) is 0 Å². The van der Waals surface area contributed by atoms with E-state index in [1.807, 2.05) is 11.5 Å². The third-order valence-corrected chi connectivity index (χ3v) is 3.74. The molecule has 1 amide bonds. The first-order valence-corrected chi connectivity index (χ1v) is 7.05. The highest BCUT2D eigenvalue weighted by atomic mass is 32.2. The third-order valence-electron chi connectivity index (χ3n) is 2.79. The molecule has 0 aliphatic heterocycles. The van der Waals surface area contributed by atoms with Crippen LogP contribution in [0.5, 0.6) is 0 Å². The second-order valence-electron chi connectivity index (χ2n) is 4.53. The lowest BCUT2D eigenvalue weighted by Gasteiger charge is -2.03. The van der Waals surface area contributed by atoms with Crippen LogP contribution < -0.4 is 5.32 Å². The molecule has 1 fully saturated rings. The Bertz CT molecular complexity index is 588. The van der Waals surface area contributed by atoms with E-state index >= 15 is 0 Å². The molecule has 100 valence electrons. The Hall–Kier alpha value is -1.83. The van der Waals surface area contributed by atoms with E-state index < -0.39 is 0 Å². The average Bonchev–Trinajstić information content (AvgIpc) is 2.98. The Morgan fingerprint density at radius 3 is 3.16 bits per heavy atom. The van der Waals surface area contributed by atoms with Crippen LogP contribution in [0.1, 0.15) is 24.6 Å². The Labute approximate surface area is 114 Å². The van der Waals surface area contributed by atoms with E-state index in [9.17, 15) is 4.79 Å². The summed E-state index contributed by atoms with van der Waals surface area (Å²) < 4.78 is 2.04. The minimum atomic E-state index is -0.0955. The number of amides is 1. The molecule has 1 saturated carbocycles. The van der Waals surface area contributed by atoms with Gasteiger partial charge in [-0.25, -0.2) is 0 Å². The number of carbonyl (C=O) groups is 1. The van der Waals surface area contributed by atoms with Crippen molar-refractivity contribution >= 4 is 23.5 Å². The van der Waals surface area contributed by atoms with Crippen molar-refractivity contribution in [1.29, 1.82) is 0 Å². The number of aryl methyl sites for hydroxylation is 1. The Morgan fingerprint density at radius 1 is 1.63 bits per heavy atom. The largest absolute Gasteiger partial charge is 0.308 e. The Kier molecular flexibility index (Phi) is 3.24. The number of hydrogen-bond donors (Lipinski definition) is 2. The minimum absolute atomic E-state index is 0.0955. The van der Waals surface area contributed by atoms with Crippen LogP contribution in [0, 0.1) is 6.92 Å². The number of nitrogens with zero attached hydrogens (tertiary/aromatic N) is 4. The highest BCUT2D eigenvalue weighted by molar-refractivity contribution is 7.99. The first kappa shape index (κ1) is 12.2. The molecule has 2 N–H and O–H groups in total. The molecule has 1 aliphatic rings. The zero-order valence-electron chi connectivity index (χ0n) is 10.5. The monoisotopic (exact) mass is 278 g/mol. The second-order valence-corrected chi connectivity index (χ2v) is 5.47. The molecule has 0 aromatic carbocycles. The highest BCUT2D eigenvalue weighted by Gasteiger charge is 2.26. The summed E-state index contributed by atoms with van der Waals surface area (Å²) >= 11 is 1.40. The maximum atomic E-state index is 11.8. The lowest BCUT2D eigenvalue weighted by atomic mass is 10.5. The van der Waals surface area contributed by atoms with Gasteiger partial charge < -0.3 is 9.88 Å². The first-order chi connectivity index (χ1) is 9.22. The quantitative estimate of drug-likeness (QED) is 0.806. The molecule has 0 unspecified atom stereocenters. The molecular weight excluding hydrogens is 264 g/mol. The van der Waals surface area contributed by atoms with E-state index in [1.165, 1.54) is 24.6 Å². The first-order valence-electron chi connectivity index (χ1n) is 6.06. The molecule has 2 aromatic heterocycles. The van der Waals surface area contributed by atoms with E-state index in [0.29, 0.717) is 17.6 Å². The van der Waals surface area contributed by atoms with Crippen molar-refractivity contribution in [1.82, 2.24) is 25.0 Å². The van der Waals surface area contributed by atoms with Gasteiger partial charge in [0, 0.05) is 17.8 Å². The fourth-order valence-corrected chi connectivity index (χ4v) is 2.51. The van der Waals surface area contributed by atoms with Gasteiger partial charge in [0.05, 0.1) is 5.75 Å². The summed E-state index contributed by atoms with van der Waals surface area (Å²) in [6.45, 7) is 1.88. The van der Waals surface area contributed by atoms with E-state index in [4.69, 9.17) is 0 Å². The van der Waals surface area contributed by atoms with E-state index in [2.05, 4.69) is 25.7 Å². The van der Waals surface area contributed by atoms with Crippen molar-refractivity contribution in [2.24, 2.45) is 0 Å². The van der Waals surface area contributed by atoms with Gasteiger partial charge >= 0.3 is 0 Å². The summed E-state index contributed by atoms with van der Waals surface area (Å²) in [4.78, 5) is 11.8. The van der Waals surface area contributed by atoms with Crippen molar-refractivity contribution in [2.45, 2.75) is 31.0 Å². The number of carbonyl (C=O) groups excluding carboxylic acids is 1.